The van der Waals surface area contributed by atoms with Crippen LogP contribution < -0.4 is 42.5 Å². The van der Waals surface area contributed by atoms with Crippen LogP contribution in [0, 0.1) is 10.8 Å². The number of fused-ring (bicyclic) bond motifs is 4. The Balaban J connectivity index is 0.869. The molecule has 438 valence electrons. The van der Waals surface area contributed by atoms with Gasteiger partial charge in [-0.05, 0) is 147 Å². The summed E-state index contributed by atoms with van der Waals surface area (Å²) in [4.78, 5) is 104. The van der Waals surface area contributed by atoms with E-state index in [2.05, 4.69) is 72.9 Å². The van der Waals surface area contributed by atoms with E-state index in [0.717, 1.165) is 66.5 Å². The first-order chi connectivity index (χ1) is 39.7. The summed E-state index contributed by atoms with van der Waals surface area (Å²) in [7, 11) is 3.53. The summed E-state index contributed by atoms with van der Waals surface area (Å²) in [6.07, 6.45) is 10.1. The zero-order valence-electron chi connectivity index (χ0n) is 49.1. The molecule has 0 saturated carbocycles. The third-order valence-corrected chi connectivity index (χ3v) is 17.8. The number of hydrogen-bond acceptors (Lipinski definition) is 10. The van der Waals surface area contributed by atoms with Crippen LogP contribution in [-0.2, 0) is 49.8 Å². The van der Waals surface area contributed by atoms with Gasteiger partial charge in [0.15, 0.2) is 0 Å². The van der Waals surface area contributed by atoms with Gasteiger partial charge in [0.25, 0.3) is 5.91 Å². The van der Waals surface area contributed by atoms with Gasteiger partial charge in [-0.3, -0.25) is 33.3 Å². The summed E-state index contributed by atoms with van der Waals surface area (Å²) in [5.74, 6) is -1.89. The smallest absolute Gasteiger partial charge is 0.326 e. The predicted octanol–water partition coefficient (Wildman–Crippen LogP) is 6.69. The summed E-state index contributed by atoms with van der Waals surface area (Å²) in [6, 6.07) is 23.4. The molecule has 3 aliphatic heterocycles. The second-order valence-electron chi connectivity index (χ2n) is 25.1. The third-order valence-electron chi connectivity index (χ3n) is 17.8. The third kappa shape index (κ3) is 12.3. The average molecular weight is 1130 g/mol. The number of hydrogen-bond donors (Lipinski definition) is 8. The second kappa shape index (κ2) is 24.2. The lowest BCUT2D eigenvalue weighted by Crippen LogP contribution is -2.62. The lowest BCUT2D eigenvalue weighted by Gasteiger charge is -2.42. The van der Waals surface area contributed by atoms with Crippen LogP contribution in [0.1, 0.15) is 136 Å². The average Bonchev–Trinajstić information content (AvgIpc) is 4.35. The maximum Gasteiger partial charge on any atom is 0.326 e. The number of aromatic nitrogens is 1. The van der Waals surface area contributed by atoms with Crippen LogP contribution in [0.5, 0.6) is 0 Å². The fraction of sp³-hybridized carbons (Fsp3) is 0.462. The maximum atomic E-state index is 15.0. The van der Waals surface area contributed by atoms with E-state index in [1.54, 1.807) is 60.3 Å². The van der Waals surface area contributed by atoms with Gasteiger partial charge in [0.05, 0.1) is 29.7 Å². The Labute approximate surface area is 486 Å². The van der Waals surface area contributed by atoms with Crippen molar-refractivity contribution in [3.05, 3.63) is 148 Å². The molecule has 1 aromatic heterocycles. The van der Waals surface area contributed by atoms with Crippen LogP contribution in [0.4, 0.5) is 10.5 Å². The lowest BCUT2D eigenvalue weighted by atomic mass is 9.77. The molecule has 8 atom stereocenters. The number of carbonyl (C=O) groups excluding carboxylic acids is 7. The van der Waals surface area contributed by atoms with Crippen LogP contribution in [0.3, 0.4) is 0 Å². The van der Waals surface area contributed by atoms with Crippen LogP contribution in [-0.4, -0.2) is 119 Å². The zero-order valence-corrected chi connectivity index (χ0v) is 49.1. The second-order valence-corrected chi connectivity index (χ2v) is 25.1. The summed E-state index contributed by atoms with van der Waals surface area (Å²) in [5, 5.41) is 25.9. The highest BCUT2D eigenvalue weighted by atomic mass is 16.2. The van der Waals surface area contributed by atoms with E-state index in [9.17, 15) is 33.6 Å². The Morgan fingerprint density at radius 3 is 2.06 bits per heavy atom. The summed E-state index contributed by atoms with van der Waals surface area (Å²) in [6.45, 7) is 12.2. The fourth-order valence-electron chi connectivity index (χ4n) is 12.9. The van der Waals surface area contributed by atoms with Crippen molar-refractivity contribution in [2.45, 2.75) is 154 Å². The predicted molar refractivity (Wildman–Crippen MR) is 320 cm³/mol. The topological polar surface area (TPSA) is 227 Å². The fourth-order valence-corrected chi connectivity index (χ4v) is 12.9. The maximum absolute atomic E-state index is 15.0. The SMILES string of the molecule is CNCC1=CCC(C)(C)[C@@H](C(=O)N2CC(NC(=O)n3ccc4c(C(=O)Nc5ccc6c(c5)CN(C(=O)[C@@H](NC(=O)[C@H](C)NC)C(C)(C)C)[C@H](C(=O)N[C@@H]5CCCc7ccccc75)C6)cccc43)C[C@H]2C(=O)N[C@@H]2CCCc3ccccc32)N1. The molecule has 5 aliphatic rings. The summed E-state index contributed by atoms with van der Waals surface area (Å²) < 4.78 is 1.45. The van der Waals surface area contributed by atoms with E-state index in [-0.39, 0.29) is 67.6 Å². The van der Waals surface area contributed by atoms with E-state index in [4.69, 9.17) is 0 Å². The largest absolute Gasteiger partial charge is 0.376 e. The quantitative estimate of drug-likeness (QED) is 0.0588. The molecule has 18 nitrogen and oxygen atoms in total. The van der Waals surface area contributed by atoms with Gasteiger partial charge in [-0.2, -0.15) is 0 Å². The van der Waals surface area contributed by atoms with Crippen LogP contribution >= 0.6 is 0 Å². The molecule has 0 bridgehead atoms. The van der Waals surface area contributed by atoms with Crippen LogP contribution in [0.25, 0.3) is 10.9 Å². The van der Waals surface area contributed by atoms with Crippen molar-refractivity contribution in [1.82, 2.24) is 51.6 Å². The van der Waals surface area contributed by atoms with Crippen molar-refractivity contribution in [3.8, 4) is 0 Å². The van der Waals surface area contributed by atoms with E-state index < -0.39 is 59.0 Å². The molecule has 5 aromatic rings. The van der Waals surface area contributed by atoms with Gasteiger partial charge in [-0.25, -0.2) is 4.79 Å². The molecule has 8 N–H and O–H groups in total. The Hall–Kier alpha value is -7.83. The first-order valence-corrected chi connectivity index (χ1v) is 29.5. The van der Waals surface area contributed by atoms with Gasteiger partial charge >= 0.3 is 6.03 Å². The number of amides is 7. The molecule has 83 heavy (non-hydrogen) atoms. The summed E-state index contributed by atoms with van der Waals surface area (Å²) in [5.41, 5.74) is 7.16. The summed E-state index contributed by atoms with van der Waals surface area (Å²) >= 11 is 0. The molecule has 1 fully saturated rings. The highest BCUT2D eigenvalue weighted by molar-refractivity contribution is 6.13. The Kier molecular flexibility index (Phi) is 17.0. The van der Waals surface area contributed by atoms with E-state index in [1.165, 1.54) is 15.7 Å². The minimum atomic E-state index is -0.965. The molecule has 18 heteroatoms. The molecule has 0 spiro atoms. The number of anilines is 1. The number of nitrogens with one attached hydrogen (secondary N) is 8. The molecule has 1 saturated heterocycles. The number of benzene rings is 4. The van der Waals surface area contributed by atoms with Crippen molar-refractivity contribution in [1.29, 1.82) is 0 Å². The normalized spacial score (nSPS) is 22.5. The first-order valence-electron chi connectivity index (χ1n) is 29.5. The van der Waals surface area contributed by atoms with Gasteiger partial charge in [0.1, 0.15) is 24.2 Å². The van der Waals surface area contributed by atoms with Crippen LogP contribution in [0.15, 0.2) is 109 Å². The van der Waals surface area contributed by atoms with E-state index in [1.807, 2.05) is 78.1 Å². The molecule has 10 rings (SSSR count). The molecule has 4 aromatic carbocycles. The molecule has 2 aliphatic carbocycles. The van der Waals surface area contributed by atoms with Crippen LogP contribution in [0.2, 0.25) is 0 Å². The zero-order chi connectivity index (χ0) is 58.9. The molecule has 4 heterocycles. The molecule has 1 unspecified atom stereocenters. The Morgan fingerprint density at radius 1 is 0.747 bits per heavy atom. The van der Waals surface area contributed by atoms with Gasteiger partial charge in [-0.15, -0.1) is 0 Å². The Bertz CT molecular complexity index is 3360. The van der Waals surface area contributed by atoms with Gasteiger partial charge < -0.3 is 52.3 Å². The number of rotatable bonds is 14. The van der Waals surface area contributed by atoms with Crippen molar-refractivity contribution in [3.63, 3.8) is 0 Å². The monoisotopic (exact) mass is 1130 g/mol. The number of likely N-dealkylation sites (tertiary alicyclic amines) is 1. The molecular formula is C65H81N11O7. The van der Waals surface area contributed by atoms with Gasteiger partial charge in [-0.1, -0.05) is 101 Å². The number of nitrogens with zero attached hydrogens (tertiary/aromatic N) is 3. The highest BCUT2D eigenvalue weighted by Crippen LogP contribution is 2.37. The van der Waals surface area contributed by atoms with Crippen molar-refractivity contribution < 1.29 is 33.6 Å². The van der Waals surface area contributed by atoms with E-state index >= 15 is 0 Å². The molecule has 7 amide bonds. The minimum absolute atomic E-state index is 0.0482. The van der Waals surface area contributed by atoms with Crippen molar-refractivity contribution >= 4 is 58.1 Å². The highest BCUT2D eigenvalue weighted by Gasteiger charge is 2.48. The van der Waals surface area contributed by atoms with E-state index in [0.29, 0.717) is 35.1 Å². The Morgan fingerprint density at radius 2 is 1.41 bits per heavy atom. The standard InChI is InChI=1S/C65H81N11O7/c1-38(67-8)57(77)73-55(64(2,3)4)61(81)75-36-42-32-43(27-26-41(42)33-53(75)59(79)71-50-23-13-18-39-16-9-11-20-46(39)50)69-58(78)49-22-15-25-52-48(49)29-31-74(52)63(83)70-45-34-54(60(80)72-51-24-14-19-40-17-10-12-21-47(40)51)76(37-45)62(82)56-65(5,6)30-28-44(68-56)35-66-7/h9-12,15-17,20-22,25-29,31-32,38,45,50-51,53-56,66-68H,13-14,18-19,23-24,30,33-37H2,1-8H3,(H,69,78)(H,70,83)(H,71,79)(H,72,80)(H,73,77)/t38-,45?,50+,51+,53-,54-,55+,56+/m0/s1. The van der Waals surface area contributed by atoms with Crippen molar-refractivity contribution in [2.75, 3.05) is 32.5 Å². The van der Waals surface area contributed by atoms with Gasteiger partial charge in [0.2, 0.25) is 29.5 Å². The number of allylic oxidation sites excluding steroid dienone is 1. The lowest BCUT2D eigenvalue weighted by molar-refractivity contribution is -0.147. The number of aryl methyl sites for hydroxylation is 2. The van der Waals surface area contributed by atoms with Gasteiger partial charge in [0, 0.05) is 54.6 Å². The molecule has 0 radical (unpaired) electrons. The minimum Gasteiger partial charge on any atom is -0.376 e. The number of likely N-dealkylation sites (N-methyl/N-ethyl adjacent to an activating group) is 2. The number of carbonyl (C=O) groups is 7. The van der Waals surface area contributed by atoms with Crippen molar-refractivity contribution in [2.24, 2.45) is 10.8 Å². The first kappa shape index (κ1) is 58.4. The molecular weight excluding hydrogens is 1050 g/mol.